The molecule has 8 heteroatoms. The van der Waals surface area contributed by atoms with E-state index in [1.807, 2.05) is 0 Å². The number of benzene rings is 1. The molecule has 1 aromatic carbocycles. The minimum atomic E-state index is -4.33. The molecule has 0 aliphatic carbocycles. The summed E-state index contributed by atoms with van der Waals surface area (Å²) in [7, 11) is 0. The van der Waals surface area contributed by atoms with Crippen molar-refractivity contribution in [3.63, 3.8) is 0 Å². The molecule has 1 aliphatic heterocycles. The lowest BCUT2D eigenvalue weighted by molar-refractivity contribution is -0.121. The molecule has 0 saturated heterocycles. The normalized spacial score (nSPS) is 18.2. The highest BCUT2D eigenvalue weighted by Crippen LogP contribution is 2.42. The van der Waals surface area contributed by atoms with E-state index in [-0.39, 0.29) is 22.9 Å². The quantitative estimate of drug-likeness (QED) is 0.871. The molecule has 1 N–H and O–H groups in total. The zero-order chi connectivity index (χ0) is 16.1. The van der Waals surface area contributed by atoms with Crippen LogP contribution in [0.1, 0.15) is 6.92 Å². The number of hydrogen-bond acceptors (Lipinski definition) is 3. The van der Waals surface area contributed by atoms with E-state index < -0.39 is 18.8 Å². The van der Waals surface area contributed by atoms with Crippen LogP contribution in [0.3, 0.4) is 0 Å². The highest BCUT2D eigenvalue weighted by molar-refractivity contribution is 6.36. The minimum Gasteiger partial charge on any atom is -0.489 e. The fourth-order valence-corrected chi connectivity index (χ4v) is 2.89. The predicted molar refractivity (Wildman–Crippen MR) is 77.9 cm³/mol. The Morgan fingerprint density at radius 1 is 1.45 bits per heavy atom. The highest BCUT2D eigenvalue weighted by atomic mass is 35.5. The number of fused-ring (bicyclic) bond motifs is 3. The van der Waals surface area contributed by atoms with Gasteiger partial charge in [-0.05, 0) is 19.1 Å². The van der Waals surface area contributed by atoms with E-state index in [9.17, 15) is 18.0 Å². The molecule has 2 aromatic rings. The van der Waals surface area contributed by atoms with Gasteiger partial charge in [-0.15, -0.1) is 0 Å². The van der Waals surface area contributed by atoms with E-state index in [2.05, 4.69) is 4.98 Å². The molecule has 1 aromatic heterocycles. The van der Waals surface area contributed by atoms with E-state index in [0.717, 1.165) is 0 Å². The number of halogens is 4. The number of alkyl halides is 3. The molecule has 3 rings (SSSR count). The number of aromatic amines is 1. The second-order valence-electron chi connectivity index (χ2n) is 5.22. The van der Waals surface area contributed by atoms with Crippen LogP contribution in [-0.4, -0.2) is 30.4 Å². The topological polar surface area (TPSA) is 45.3 Å². The van der Waals surface area contributed by atoms with Crippen LogP contribution in [0.5, 0.6) is 5.75 Å². The van der Waals surface area contributed by atoms with Crippen LogP contribution < -0.4 is 15.2 Å². The maximum Gasteiger partial charge on any atom is 0.405 e. The van der Waals surface area contributed by atoms with E-state index >= 15 is 0 Å². The third kappa shape index (κ3) is 2.61. The van der Waals surface area contributed by atoms with Crippen LogP contribution in [-0.2, 0) is 0 Å². The van der Waals surface area contributed by atoms with Crippen LogP contribution in [0.25, 0.3) is 10.9 Å². The van der Waals surface area contributed by atoms with Crippen LogP contribution >= 0.6 is 11.6 Å². The molecule has 0 radical (unpaired) electrons. The molecule has 2 heterocycles. The van der Waals surface area contributed by atoms with Crippen molar-refractivity contribution < 1.29 is 17.9 Å². The van der Waals surface area contributed by atoms with Crippen molar-refractivity contribution >= 4 is 28.2 Å². The van der Waals surface area contributed by atoms with Gasteiger partial charge in [0, 0.05) is 6.07 Å². The lowest BCUT2D eigenvalue weighted by atomic mass is 10.1. The molecule has 0 spiro atoms. The fraction of sp³-hybridized carbons (Fsp3) is 0.357. The Labute approximate surface area is 128 Å². The Morgan fingerprint density at radius 2 is 2.18 bits per heavy atom. The molecule has 0 amide bonds. The van der Waals surface area contributed by atoms with Crippen molar-refractivity contribution in [3.05, 3.63) is 33.6 Å². The van der Waals surface area contributed by atoms with Crippen molar-refractivity contribution in [1.82, 2.24) is 4.98 Å². The van der Waals surface area contributed by atoms with Crippen LogP contribution in [0, 0.1) is 0 Å². The number of anilines is 1. The summed E-state index contributed by atoms with van der Waals surface area (Å²) >= 11 is 6.08. The van der Waals surface area contributed by atoms with Crippen LogP contribution in [0.15, 0.2) is 23.0 Å². The molecular formula is C14H12ClF3N2O2. The maximum atomic E-state index is 12.8. The lowest BCUT2D eigenvalue weighted by Crippen LogP contribution is -2.46. The molecule has 0 bridgehead atoms. The van der Waals surface area contributed by atoms with Gasteiger partial charge in [-0.1, -0.05) is 11.6 Å². The summed E-state index contributed by atoms with van der Waals surface area (Å²) < 4.78 is 44.0. The summed E-state index contributed by atoms with van der Waals surface area (Å²) in [6.45, 7) is 0.696. The summed E-state index contributed by atoms with van der Waals surface area (Å²) in [6, 6.07) is 3.80. The lowest BCUT2D eigenvalue weighted by Gasteiger charge is -2.37. The Balaban J connectivity index is 2.20. The first-order valence-electron chi connectivity index (χ1n) is 6.58. The number of rotatable bonds is 1. The average Bonchev–Trinajstić information content (AvgIpc) is 2.39. The van der Waals surface area contributed by atoms with Gasteiger partial charge in [-0.25, -0.2) is 0 Å². The molecule has 0 unspecified atom stereocenters. The van der Waals surface area contributed by atoms with Crippen LogP contribution in [0.4, 0.5) is 18.9 Å². The van der Waals surface area contributed by atoms with Crippen molar-refractivity contribution in [2.24, 2.45) is 0 Å². The van der Waals surface area contributed by atoms with E-state index in [1.165, 1.54) is 23.1 Å². The number of H-pyrrole nitrogens is 1. The largest absolute Gasteiger partial charge is 0.489 e. The summed E-state index contributed by atoms with van der Waals surface area (Å²) in [6.07, 6.45) is -4.33. The molecule has 0 fully saturated rings. The second kappa shape index (κ2) is 5.08. The average molecular weight is 333 g/mol. The maximum absolute atomic E-state index is 12.8. The molecule has 118 valence electrons. The van der Waals surface area contributed by atoms with Crippen molar-refractivity contribution in [2.75, 3.05) is 18.1 Å². The van der Waals surface area contributed by atoms with Gasteiger partial charge >= 0.3 is 6.18 Å². The smallest absolute Gasteiger partial charge is 0.405 e. The molecule has 1 aliphatic rings. The first-order chi connectivity index (χ1) is 10.3. The molecule has 22 heavy (non-hydrogen) atoms. The SMILES string of the molecule is C[C@@H]1COc2c(ccc3[nH]c(=O)cc(Cl)c23)N1CC(F)(F)F. The van der Waals surface area contributed by atoms with Gasteiger partial charge in [0.05, 0.1) is 27.7 Å². The van der Waals surface area contributed by atoms with Crippen molar-refractivity contribution in [2.45, 2.75) is 19.1 Å². The van der Waals surface area contributed by atoms with E-state index in [1.54, 1.807) is 6.92 Å². The second-order valence-corrected chi connectivity index (χ2v) is 5.63. The summed E-state index contributed by atoms with van der Waals surface area (Å²) in [5.41, 5.74) is 0.365. The summed E-state index contributed by atoms with van der Waals surface area (Å²) in [5.74, 6) is 0.265. The number of nitrogens with zero attached hydrogens (tertiary/aromatic N) is 1. The van der Waals surface area contributed by atoms with E-state index in [4.69, 9.17) is 16.3 Å². The monoisotopic (exact) mass is 332 g/mol. The van der Waals surface area contributed by atoms with Crippen molar-refractivity contribution in [1.29, 1.82) is 0 Å². The summed E-state index contributed by atoms with van der Waals surface area (Å²) in [4.78, 5) is 15.3. The van der Waals surface area contributed by atoms with Crippen molar-refractivity contribution in [3.8, 4) is 5.75 Å². The number of aromatic nitrogens is 1. The van der Waals surface area contributed by atoms with Gasteiger partial charge < -0.3 is 14.6 Å². The summed E-state index contributed by atoms with van der Waals surface area (Å²) in [5, 5.41) is 0.565. The number of ether oxygens (including phenoxy) is 1. The van der Waals surface area contributed by atoms with Gasteiger partial charge in [-0.2, -0.15) is 13.2 Å². The molecule has 1 atom stereocenters. The van der Waals surface area contributed by atoms with Gasteiger partial charge in [0.1, 0.15) is 13.2 Å². The van der Waals surface area contributed by atoms with Crippen LogP contribution in [0.2, 0.25) is 5.02 Å². The van der Waals surface area contributed by atoms with Gasteiger partial charge in [0.25, 0.3) is 0 Å². The Bertz CT molecular complexity index is 788. The van der Waals surface area contributed by atoms with Gasteiger partial charge in [0.2, 0.25) is 5.56 Å². The number of nitrogens with one attached hydrogen (secondary N) is 1. The Hall–Kier alpha value is -1.89. The van der Waals surface area contributed by atoms with Gasteiger partial charge in [0.15, 0.2) is 5.75 Å². The standard InChI is InChI=1S/C14H12ClF3N2O2/c1-7-5-22-13-10(20(7)6-14(16,17)18)3-2-9-12(13)8(15)4-11(21)19-9/h2-4,7H,5-6H2,1H3,(H,19,21)/t7-/m1/s1. The number of pyridine rings is 1. The molecule has 0 saturated carbocycles. The Morgan fingerprint density at radius 3 is 2.86 bits per heavy atom. The number of hydrogen-bond donors (Lipinski definition) is 1. The van der Waals surface area contributed by atoms with E-state index in [0.29, 0.717) is 16.6 Å². The predicted octanol–water partition coefficient (Wildman–Crippen LogP) is 3.33. The first kappa shape index (κ1) is 15.0. The Kier molecular flexibility index (Phi) is 3.47. The zero-order valence-corrected chi connectivity index (χ0v) is 12.3. The van der Waals surface area contributed by atoms with Gasteiger partial charge in [-0.3, -0.25) is 4.79 Å². The highest BCUT2D eigenvalue weighted by Gasteiger charge is 2.36. The molecular weight excluding hydrogens is 321 g/mol. The minimum absolute atomic E-state index is 0.109. The zero-order valence-electron chi connectivity index (χ0n) is 11.5. The first-order valence-corrected chi connectivity index (χ1v) is 6.96. The third-order valence-electron chi connectivity index (χ3n) is 3.55. The third-order valence-corrected chi connectivity index (χ3v) is 3.85. The molecule has 4 nitrogen and oxygen atoms in total. The fourth-order valence-electron chi connectivity index (χ4n) is 2.61.